The number of aromatic nitrogens is 4. The maximum absolute atomic E-state index is 13.0. The first kappa shape index (κ1) is 22.7. The van der Waals surface area contributed by atoms with Crippen LogP contribution in [0.2, 0.25) is 0 Å². The van der Waals surface area contributed by atoms with Crippen molar-refractivity contribution in [1.82, 2.24) is 19.5 Å². The highest BCUT2D eigenvalue weighted by atomic mass is 32.2. The van der Waals surface area contributed by atoms with E-state index in [9.17, 15) is 4.21 Å². The molecule has 0 aliphatic rings. The number of benzene rings is 3. The Kier molecular flexibility index (Phi) is 7.05. The lowest BCUT2D eigenvalue weighted by Crippen LogP contribution is -2.11. The predicted molar refractivity (Wildman–Crippen MR) is 137 cm³/mol. The fraction of sp³-hybridized carbons (Fsp3) is 0.107. The fourth-order valence-electron chi connectivity index (χ4n) is 3.71. The summed E-state index contributed by atoms with van der Waals surface area (Å²) < 4.78 is 20.9. The lowest BCUT2D eigenvalue weighted by molar-refractivity contribution is 0.342. The van der Waals surface area contributed by atoms with Gasteiger partial charge in [-0.25, -0.2) is 9.97 Å². The van der Waals surface area contributed by atoms with E-state index in [2.05, 4.69) is 9.97 Å². The number of hydrogen-bond acceptors (Lipinski definition) is 5. The third-order valence-corrected chi connectivity index (χ3v) is 6.66. The molecule has 0 N–H and O–H groups in total. The van der Waals surface area contributed by atoms with E-state index in [1.807, 2.05) is 95.7 Å². The summed E-state index contributed by atoms with van der Waals surface area (Å²) in [5, 5.41) is 0.447. The first-order chi connectivity index (χ1) is 17.3. The quantitative estimate of drug-likeness (QED) is 0.288. The number of imidazole rings is 1. The van der Waals surface area contributed by atoms with Gasteiger partial charge >= 0.3 is 0 Å². The van der Waals surface area contributed by atoms with Crippen LogP contribution in [0.1, 0.15) is 5.56 Å². The SMILES string of the molecule is O=S(CCOc1ccc(Cn2ccnc2)cc1)c1cnc(-c2ccccc2)c(-c2ccccc2)n1. The van der Waals surface area contributed by atoms with Crippen LogP contribution in [0.4, 0.5) is 0 Å². The summed E-state index contributed by atoms with van der Waals surface area (Å²) >= 11 is 0. The second kappa shape index (κ2) is 10.9. The van der Waals surface area contributed by atoms with Crippen molar-refractivity contribution in [3.05, 3.63) is 115 Å². The number of rotatable bonds is 9. The molecule has 0 saturated carbocycles. The molecule has 0 amide bonds. The van der Waals surface area contributed by atoms with Crippen molar-refractivity contribution >= 4 is 10.8 Å². The van der Waals surface area contributed by atoms with Crippen molar-refractivity contribution in [2.45, 2.75) is 11.6 Å². The first-order valence-electron chi connectivity index (χ1n) is 11.3. The Morgan fingerprint density at radius 2 is 1.51 bits per heavy atom. The molecule has 0 bridgehead atoms. The summed E-state index contributed by atoms with van der Waals surface area (Å²) in [5.74, 6) is 1.07. The van der Waals surface area contributed by atoms with Crippen molar-refractivity contribution in [3.63, 3.8) is 0 Å². The molecule has 7 heteroatoms. The summed E-state index contributed by atoms with van der Waals surface area (Å²) in [6, 6.07) is 27.7. The largest absolute Gasteiger partial charge is 0.493 e. The van der Waals surface area contributed by atoms with Crippen molar-refractivity contribution in [1.29, 1.82) is 0 Å². The van der Waals surface area contributed by atoms with Gasteiger partial charge in [0, 0.05) is 30.1 Å². The standard InChI is InChI=1S/C28H24N4O2S/c33-35(18-17-34-25-13-11-22(12-14-25)20-32-16-15-29-21-32)26-19-30-27(23-7-3-1-4-8-23)28(31-26)24-9-5-2-6-10-24/h1-16,19,21H,17-18,20H2. The molecule has 0 saturated heterocycles. The molecular weight excluding hydrogens is 456 g/mol. The zero-order valence-corrected chi connectivity index (χ0v) is 19.8. The van der Waals surface area contributed by atoms with Crippen LogP contribution in [-0.2, 0) is 17.3 Å². The molecule has 0 aliphatic heterocycles. The van der Waals surface area contributed by atoms with E-state index in [0.717, 1.165) is 40.4 Å². The Labute approximate surface area is 206 Å². The minimum atomic E-state index is -1.34. The molecule has 6 nitrogen and oxygen atoms in total. The maximum atomic E-state index is 13.0. The van der Waals surface area contributed by atoms with Crippen LogP contribution >= 0.6 is 0 Å². The van der Waals surface area contributed by atoms with E-state index < -0.39 is 10.8 Å². The van der Waals surface area contributed by atoms with E-state index in [1.54, 1.807) is 18.7 Å². The van der Waals surface area contributed by atoms with Gasteiger partial charge < -0.3 is 9.30 Å². The van der Waals surface area contributed by atoms with E-state index >= 15 is 0 Å². The minimum absolute atomic E-state index is 0.316. The Morgan fingerprint density at radius 3 is 2.17 bits per heavy atom. The molecule has 5 aromatic rings. The van der Waals surface area contributed by atoms with Gasteiger partial charge in [0.05, 0.1) is 40.5 Å². The van der Waals surface area contributed by atoms with Crippen LogP contribution in [0.15, 0.2) is 115 Å². The van der Waals surface area contributed by atoms with Crippen LogP contribution in [0.3, 0.4) is 0 Å². The second-order valence-corrected chi connectivity index (χ2v) is 9.43. The van der Waals surface area contributed by atoms with Gasteiger partial charge in [-0.1, -0.05) is 72.8 Å². The zero-order chi connectivity index (χ0) is 23.9. The third-order valence-electron chi connectivity index (χ3n) is 5.46. The highest BCUT2D eigenvalue weighted by Crippen LogP contribution is 2.29. The number of hydrogen-bond donors (Lipinski definition) is 0. The average molecular weight is 481 g/mol. The van der Waals surface area contributed by atoms with Crippen LogP contribution in [0.5, 0.6) is 5.75 Å². The molecule has 3 aromatic carbocycles. The molecule has 0 fully saturated rings. The zero-order valence-electron chi connectivity index (χ0n) is 19.0. The van der Waals surface area contributed by atoms with Crippen molar-refractivity contribution < 1.29 is 8.95 Å². The molecule has 0 aliphatic carbocycles. The molecule has 1 atom stereocenters. The monoisotopic (exact) mass is 480 g/mol. The maximum Gasteiger partial charge on any atom is 0.146 e. The molecule has 2 heterocycles. The van der Waals surface area contributed by atoms with Gasteiger partial charge in [0.1, 0.15) is 17.4 Å². The van der Waals surface area contributed by atoms with E-state index in [0.29, 0.717) is 17.4 Å². The fourth-order valence-corrected chi connectivity index (χ4v) is 4.52. The van der Waals surface area contributed by atoms with Crippen molar-refractivity contribution in [2.75, 3.05) is 12.4 Å². The number of nitrogens with zero attached hydrogens (tertiary/aromatic N) is 4. The van der Waals surface area contributed by atoms with Gasteiger partial charge in [-0.2, -0.15) is 0 Å². The highest BCUT2D eigenvalue weighted by Gasteiger charge is 2.15. The summed E-state index contributed by atoms with van der Waals surface area (Å²) in [7, 11) is -1.34. The Balaban J connectivity index is 1.26. The molecule has 0 radical (unpaired) electrons. The second-order valence-electron chi connectivity index (χ2n) is 7.91. The topological polar surface area (TPSA) is 69.9 Å². The normalized spacial score (nSPS) is 11.8. The van der Waals surface area contributed by atoms with E-state index in [-0.39, 0.29) is 0 Å². The Morgan fingerprint density at radius 1 is 0.829 bits per heavy atom. The molecular formula is C28H24N4O2S. The van der Waals surface area contributed by atoms with Crippen molar-refractivity contribution in [3.8, 4) is 28.3 Å². The number of ether oxygens (including phenoxy) is 1. The highest BCUT2D eigenvalue weighted by molar-refractivity contribution is 7.85. The van der Waals surface area contributed by atoms with Crippen LogP contribution in [0, 0.1) is 0 Å². The van der Waals surface area contributed by atoms with Gasteiger partial charge in [0.25, 0.3) is 0 Å². The van der Waals surface area contributed by atoms with Crippen LogP contribution in [0.25, 0.3) is 22.5 Å². The molecule has 2 aromatic heterocycles. The molecule has 35 heavy (non-hydrogen) atoms. The predicted octanol–water partition coefficient (Wildman–Crippen LogP) is 5.24. The minimum Gasteiger partial charge on any atom is -0.493 e. The lowest BCUT2D eigenvalue weighted by atomic mass is 10.0. The van der Waals surface area contributed by atoms with Gasteiger partial charge in [-0.3, -0.25) is 9.19 Å². The smallest absolute Gasteiger partial charge is 0.146 e. The molecule has 5 rings (SSSR count). The van der Waals surface area contributed by atoms with Crippen LogP contribution in [-0.4, -0.2) is 36.1 Å². The summed E-state index contributed by atoms with van der Waals surface area (Å²) in [6.07, 6.45) is 7.09. The summed E-state index contributed by atoms with van der Waals surface area (Å²) in [5.41, 5.74) is 4.54. The van der Waals surface area contributed by atoms with Crippen LogP contribution < -0.4 is 4.74 Å². The Hall–Kier alpha value is -4.10. The van der Waals surface area contributed by atoms with Gasteiger partial charge in [-0.05, 0) is 17.7 Å². The van der Waals surface area contributed by atoms with E-state index in [1.165, 1.54) is 0 Å². The first-order valence-corrected chi connectivity index (χ1v) is 12.6. The van der Waals surface area contributed by atoms with Gasteiger partial charge in [-0.15, -0.1) is 0 Å². The van der Waals surface area contributed by atoms with Crippen molar-refractivity contribution in [2.24, 2.45) is 0 Å². The summed E-state index contributed by atoms with van der Waals surface area (Å²) in [4.78, 5) is 13.5. The average Bonchev–Trinajstić information content (AvgIpc) is 3.43. The molecule has 1 unspecified atom stereocenters. The van der Waals surface area contributed by atoms with Gasteiger partial charge in [0.2, 0.25) is 0 Å². The third kappa shape index (κ3) is 5.70. The van der Waals surface area contributed by atoms with Gasteiger partial charge in [0.15, 0.2) is 0 Å². The molecule has 174 valence electrons. The molecule has 0 spiro atoms. The van der Waals surface area contributed by atoms with E-state index in [4.69, 9.17) is 9.72 Å². The Bertz CT molecular complexity index is 1390. The summed E-state index contributed by atoms with van der Waals surface area (Å²) in [6.45, 7) is 1.07. The lowest BCUT2D eigenvalue weighted by Gasteiger charge is -2.11.